The molecular weight excluding hydrogens is 296 g/mol. The molecule has 3 fully saturated rings. The molecule has 0 amide bonds. The second-order valence-electron chi connectivity index (χ2n) is 8.14. The number of esters is 1. The number of hydrogen-bond acceptors (Lipinski definition) is 4. The van der Waals surface area contributed by atoms with Gasteiger partial charge >= 0.3 is 5.97 Å². The number of Topliss-reactive ketones (excluding diaryl/α,β-unsaturated/α-hetero) is 1. The van der Waals surface area contributed by atoms with E-state index in [9.17, 15) is 9.59 Å². The Morgan fingerprint density at radius 3 is 2.59 bits per heavy atom. The van der Waals surface area contributed by atoms with Crippen molar-refractivity contribution in [1.82, 2.24) is 0 Å². The van der Waals surface area contributed by atoms with Crippen molar-refractivity contribution in [3.63, 3.8) is 0 Å². The van der Waals surface area contributed by atoms with Crippen LogP contribution in [0.1, 0.15) is 52.4 Å². The standard InChI is InChI=1S/C18H24O3S/c1-17-8-6-14(19)15(22)12(17)4-3-10-11(17)5-7-18(2)13(10)9-21-16(18)20/h10-11,13,22H,3-9H2,1-2H3/t10-,11+,13+,17-,18+/m1/s1. The largest absolute Gasteiger partial charge is 0.465 e. The monoisotopic (exact) mass is 320 g/mol. The summed E-state index contributed by atoms with van der Waals surface area (Å²) in [6.07, 6.45) is 5.61. The van der Waals surface area contributed by atoms with Crippen LogP contribution in [0, 0.1) is 28.6 Å². The Labute approximate surface area is 137 Å². The highest BCUT2D eigenvalue weighted by molar-refractivity contribution is 7.85. The maximum absolute atomic E-state index is 12.2. The lowest BCUT2D eigenvalue weighted by Gasteiger charge is -2.56. The lowest BCUT2D eigenvalue weighted by molar-refractivity contribution is -0.148. The molecule has 3 aliphatic carbocycles. The van der Waals surface area contributed by atoms with Crippen molar-refractivity contribution >= 4 is 24.4 Å². The number of carbonyl (C=O) groups excluding carboxylic acids is 2. The van der Waals surface area contributed by atoms with Gasteiger partial charge in [-0.1, -0.05) is 6.92 Å². The number of carbonyl (C=O) groups is 2. The Hall–Kier alpha value is -0.770. The summed E-state index contributed by atoms with van der Waals surface area (Å²) in [5.41, 5.74) is 1.12. The van der Waals surface area contributed by atoms with E-state index in [0.717, 1.165) is 37.0 Å². The van der Waals surface area contributed by atoms with E-state index < -0.39 is 0 Å². The van der Waals surface area contributed by atoms with Crippen molar-refractivity contribution in [2.75, 3.05) is 6.61 Å². The first-order valence-corrected chi connectivity index (χ1v) is 8.95. The highest BCUT2D eigenvalue weighted by atomic mass is 32.1. The molecule has 0 bridgehead atoms. The van der Waals surface area contributed by atoms with Gasteiger partial charge in [0.2, 0.25) is 0 Å². The molecule has 1 aliphatic heterocycles. The molecule has 0 aromatic rings. The van der Waals surface area contributed by atoms with Crippen LogP contribution in [0.5, 0.6) is 0 Å². The number of fused-ring (bicyclic) bond motifs is 5. The molecule has 3 nitrogen and oxygen atoms in total. The van der Waals surface area contributed by atoms with Crippen LogP contribution in [0.2, 0.25) is 0 Å². The Kier molecular flexibility index (Phi) is 3.11. The molecule has 22 heavy (non-hydrogen) atoms. The number of ether oxygens (including phenoxy) is 1. The molecule has 4 rings (SSSR count). The maximum atomic E-state index is 12.2. The van der Waals surface area contributed by atoms with Gasteiger partial charge < -0.3 is 4.74 Å². The van der Waals surface area contributed by atoms with Gasteiger partial charge in [0.05, 0.1) is 12.0 Å². The van der Waals surface area contributed by atoms with Gasteiger partial charge in [0, 0.05) is 17.2 Å². The van der Waals surface area contributed by atoms with Crippen LogP contribution in [-0.2, 0) is 14.3 Å². The predicted molar refractivity (Wildman–Crippen MR) is 86.4 cm³/mol. The molecule has 0 N–H and O–H groups in total. The smallest absolute Gasteiger partial charge is 0.312 e. The van der Waals surface area contributed by atoms with Gasteiger partial charge in [0.15, 0.2) is 5.78 Å². The summed E-state index contributed by atoms with van der Waals surface area (Å²) in [5, 5.41) is 0. The lowest BCUT2D eigenvalue weighted by Crippen LogP contribution is -2.51. The average molecular weight is 320 g/mol. The molecule has 4 heteroatoms. The molecule has 0 aromatic heterocycles. The van der Waals surface area contributed by atoms with Crippen LogP contribution in [0.15, 0.2) is 10.5 Å². The van der Waals surface area contributed by atoms with E-state index in [4.69, 9.17) is 4.74 Å². The fourth-order valence-corrected chi connectivity index (χ4v) is 6.38. The average Bonchev–Trinajstić information content (AvgIpc) is 2.79. The molecule has 0 radical (unpaired) electrons. The Morgan fingerprint density at radius 1 is 1.05 bits per heavy atom. The van der Waals surface area contributed by atoms with Crippen molar-refractivity contribution in [3.8, 4) is 0 Å². The molecule has 1 heterocycles. The number of hydrogen-bond donors (Lipinski definition) is 1. The van der Waals surface area contributed by atoms with Crippen molar-refractivity contribution in [2.45, 2.75) is 52.4 Å². The van der Waals surface area contributed by atoms with Gasteiger partial charge in [-0.3, -0.25) is 9.59 Å². The first-order chi connectivity index (χ1) is 10.4. The minimum Gasteiger partial charge on any atom is -0.465 e. The highest BCUT2D eigenvalue weighted by Crippen LogP contribution is 2.63. The first-order valence-electron chi connectivity index (χ1n) is 8.51. The van der Waals surface area contributed by atoms with E-state index in [0.29, 0.717) is 30.8 Å². The maximum Gasteiger partial charge on any atom is 0.312 e. The van der Waals surface area contributed by atoms with Crippen LogP contribution in [0.25, 0.3) is 0 Å². The van der Waals surface area contributed by atoms with Crippen LogP contribution in [0.3, 0.4) is 0 Å². The molecule has 0 aromatic carbocycles. The van der Waals surface area contributed by atoms with E-state index in [2.05, 4.69) is 26.5 Å². The predicted octanol–water partition coefficient (Wildman–Crippen LogP) is 3.54. The molecule has 4 aliphatic rings. The zero-order valence-corrected chi connectivity index (χ0v) is 14.2. The summed E-state index contributed by atoms with van der Waals surface area (Å²) in [6, 6.07) is 0. The summed E-state index contributed by atoms with van der Waals surface area (Å²) in [4.78, 5) is 24.9. The second-order valence-corrected chi connectivity index (χ2v) is 8.59. The Bertz CT molecular complexity index is 595. The third-order valence-corrected chi connectivity index (χ3v) is 7.86. The first kappa shape index (κ1) is 14.8. The second kappa shape index (κ2) is 4.62. The van der Waals surface area contributed by atoms with Crippen LogP contribution >= 0.6 is 12.6 Å². The molecular formula is C18H24O3S. The fraction of sp³-hybridized carbons (Fsp3) is 0.778. The van der Waals surface area contributed by atoms with E-state index >= 15 is 0 Å². The number of rotatable bonds is 0. The van der Waals surface area contributed by atoms with E-state index in [-0.39, 0.29) is 22.6 Å². The lowest BCUT2D eigenvalue weighted by atomic mass is 9.47. The van der Waals surface area contributed by atoms with Gasteiger partial charge in [0.1, 0.15) is 0 Å². The topological polar surface area (TPSA) is 43.4 Å². The molecule has 120 valence electrons. The normalized spacial score (nSPS) is 47.7. The van der Waals surface area contributed by atoms with E-state index in [1.54, 1.807) is 0 Å². The van der Waals surface area contributed by atoms with Gasteiger partial charge in [-0.25, -0.2) is 0 Å². The molecule has 2 saturated carbocycles. The van der Waals surface area contributed by atoms with Crippen molar-refractivity contribution in [3.05, 3.63) is 10.5 Å². The number of thiol groups is 1. The summed E-state index contributed by atoms with van der Waals surface area (Å²) in [6.45, 7) is 5.03. The summed E-state index contributed by atoms with van der Waals surface area (Å²) in [5.74, 6) is 1.70. The van der Waals surface area contributed by atoms with Gasteiger partial charge in [-0.15, -0.1) is 12.6 Å². The molecule has 0 spiro atoms. The fourth-order valence-electron chi connectivity index (χ4n) is 5.90. The van der Waals surface area contributed by atoms with Gasteiger partial charge in [-0.2, -0.15) is 0 Å². The highest BCUT2D eigenvalue weighted by Gasteiger charge is 2.60. The minimum atomic E-state index is -0.271. The van der Waals surface area contributed by atoms with Gasteiger partial charge in [-0.05, 0) is 61.9 Å². The van der Waals surface area contributed by atoms with Gasteiger partial charge in [0.25, 0.3) is 0 Å². The van der Waals surface area contributed by atoms with Crippen molar-refractivity contribution in [1.29, 1.82) is 0 Å². The molecule has 1 saturated heterocycles. The number of allylic oxidation sites excluding steroid dienone is 2. The third kappa shape index (κ3) is 1.70. The zero-order valence-electron chi connectivity index (χ0n) is 13.4. The van der Waals surface area contributed by atoms with Crippen molar-refractivity contribution in [2.24, 2.45) is 28.6 Å². The van der Waals surface area contributed by atoms with E-state index in [1.807, 2.05) is 0 Å². The quantitative estimate of drug-likeness (QED) is 0.548. The zero-order chi connectivity index (χ0) is 15.7. The SMILES string of the molecule is C[C@]12CCC(=O)C(S)=C1CC[C@@H]1[C@@H]2CC[C@]2(C)C(=O)OC[C@@H]12. The Morgan fingerprint density at radius 2 is 1.82 bits per heavy atom. The van der Waals surface area contributed by atoms with Crippen molar-refractivity contribution < 1.29 is 14.3 Å². The minimum absolute atomic E-state index is 0.0103. The molecule has 5 atom stereocenters. The van der Waals surface area contributed by atoms with Crippen LogP contribution in [0.4, 0.5) is 0 Å². The Balaban J connectivity index is 1.73. The third-order valence-electron chi connectivity index (χ3n) is 7.34. The summed E-state index contributed by atoms with van der Waals surface area (Å²) in [7, 11) is 0. The summed E-state index contributed by atoms with van der Waals surface area (Å²) >= 11 is 4.55. The number of cyclic esters (lactones) is 1. The number of ketones is 1. The van der Waals surface area contributed by atoms with Crippen LogP contribution in [-0.4, -0.2) is 18.4 Å². The molecule has 0 unspecified atom stereocenters. The van der Waals surface area contributed by atoms with Crippen LogP contribution < -0.4 is 0 Å². The van der Waals surface area contributed by atoms with E-state index in [1.165, 1.54) is 5.57 Å². The summed E-state index contributed by atoms with van der Waals surface area (Å²) < 4.78 is 5.44.